The first-order valence-corrected chi connectivity index (χ1v) is 4.89. The molecule has 0 aromatic heterocycles. The smallest absolute Gasteiger partial charge is 0.306 e. The number of ether oxygens (including phenoxy) is 1. The summed E-state index contributed by atoms with van der Waals surface area (Å²) in [5, 5.41) is 18.8. The molecule has 0 spiro atoms. The second kappa shape index (κ2) is 4.20. The number of cyclic esters (lactones) is 1. The van der Waals surface area contributed by atoms with E-state index >= 15 is 0 Å². The van der Waals surface area contributed by atoms with Crippen molar-refractivity contribution in [2.75, 3.05) is 5.33 Å². The Kier molecular flexibility index (Phi) is 3.49. The Morgan fingerprint density at radius 3 is 2.75 bits per heavy atom. The number of carbonyl (C=O) groups is 1. The normalized spacial score (nSPS) is 28.2. The zero-order valence-electron chi connectivity index (χ0n) is 6.44. The van der Waals surface area contributed by atoms with Crippen molar-refractivity contribution in [2.45, 2.75) is 31.2 Å². The van der Waals surface area contributed by atoms with E-state index in [1.165, 1.54) is 0 Å². The number of rotatable bonds is 3. The number of halogens is 1. The van der Waals surface area contributed by atoms with E-state index in [-0.39, 0.29) is 11.3 Å². The zero-order valence-corrected chi connectivity index (χ0v) is 8.03. The van der Waals surface area contributed by atoms with Crippen molar-refractivity contribution in [3.63, 3.8) is 0 Å². The molecule has 12 heavy (non-hydrogen) atoms. The monoisotopic (exact) mass is 238 g/mol. The lowest BCUT2D eigenvalue weighted by Crippen LogP contribution is -2.38. The standard InChI is InChI=1S/C7H11BrO4/c8-3-4(9)7(11)5-1-2-6(10)12-5/h4-5,7,9,11H,1-3H2/t4-,5-,7-/m1/s1. The molecule has 0 aliphatic carbocycles. The minimum absolute atomic E-state index is 0.280. The van der Waals surface area contributed by atoms with Crippen LogP contribution in [-0.2, 0) is 9.53 Å². The van der Waals surface area contributed by atoms with Gasteiger partial charge in [0, 0.05) is 11.8 Å². The van der Waals surface area contributed by atoms with Crippen LogP contribution < -0.4 is 0 Å². The van der Waals surface area contributed by atoms with Crippen molar-refractivity contribution >= 4 is 21.9 Å². The highest BCUT2D eigenvalue weighted by Crippen LogP contribution is 2.19. The first-order valence-electron chi connectivity index (χ1n) is 3.76. The van der Waals surface area contributed by atoms with Crippen molar-refractivity contribution in [2.24, 2.45) is 0 Å². The molecule has 0 saturated carbocycles. The summed E-state index contributed by atoms with van der Waals surface area (Å²) in [7, 11) is 0. The Balaban J connectivity index is 2.42. The number of esters is 1. The van der Waals surface area contributed by atoms with Gasteiger partial charge in [0.2, 0.25) is 0 Å². The van der Waals surface area contributed by atoms with Gasteiger partial charge in [0.25, 0.3) is 0 Å². The predicted octanol–water partition coefficient (Wildman–Crippen LogP) is -0.191. The summed E-state index contributed by atoms with van der Waals surface area (Å²) < 4.78 is 4.78. The Bertz CT molecular complexity index is 173. The van der Waals surface area contributed by atoms with Crippen molar-refractivity contribution in [1.82, 2.24) is 0 Å². The van der Waals surface area contributed by atoms with Crippen LogP contribution in [0.3, 0.4) is 0 Å². The summed E-state index contributed by atoms with van der Waals surface area (Å²) in [5.74, 6) is -0.305. The van der Waals surface area contributed by atoms with Gasteiger partial charge < -0.3 is 14.9 Å². The van der Waals surface area contributed by atoms with E-state index in [4.69, 9.17) is 4.74 Å². The highest BCUT2D eigenvalue weighted by Gasteiger charge is 2.33. The van der Waals surface area contributed by atoms with Crippen molar-refractivity contribution in [1.29, 1.82) is 0 Å². The second-order valence-electron chi connectivity index (χ2n) is 2.78. The molecule has 0 amide bonds. The summed E-state index contributed by atoms with van der Waals surface area (Å²) in [5.41, 5.74) is 0. The number of hydrogen-bond acceptors (Lipinski definition) is 4. The Morgan fingerprint density at radius 2 is 2.33 bits per heavy atom. The van der Waals surface area contributed by atoms with Crippen LogP contribution in [0.15, 0.2) is 0 Å². The highest BCUT2D eigenvalue weighted by molar-refractivity contribution is 9.09. The molecule has 1 fully saturated rings. The summed E-state index contributed by atoms with van der Waals surface area (Å²) in [6.45, 7) is 0. The number of hydrogen-bond donors (Lipinski definition) is 2. The summed E-state index contributed by atoms with van der Waals surface area (Å²) >= 11 is 3.03. The molecule has 4 nitrogen and oxygen atoms in total. The molecular formula is C7H11BrO4. The fourth-order valence-corrected chi connectivity index (χ4v) is 1.51. The largest absolute Gasteiger partial charge is 0.459 e. The SMILES string of the molecule is O=C1CC[C@H]([C@H](O)[C@H](O)CBr)O1. The van der Waals surface area contributed by atoms with E-state index in [1.807, 2.05) is 0 Å². The van der Waals surface area contributed by atoms with Crippen LogP contribution in [0.5, 0.6) is 0 Å². The lowest BCUT2D eigenvalue weighted by molar-refractivity contribution is -0.148. The first kappa shape index (κ1) is 9.95. The average molecular weight is 239 g/mol. The lowest BCUT2D eigenvalue weighted by atomic mass is 10.1. The molecule has 1 saturated heterocycles. The van der Waals surface area contributed by atoms with E-state index < -0.39 is 18.3 Å². The first-order chi connectivity index (χ1) is 5.65. The third-order valence-corrected chi connectivity index (χ3v) is 2.51. The zero-order chi connectivity index (χ0) is 9.14. The Morgan fingerprint density at radius 1 is 1.67 bits per heavy atom. The maximum absolute atomic E-state index is 10.6. The van der Waals surface area contributed by atoms with Gasteiger partial charge in [0.1, 0.15) is 12.2 Å². The van der Waals surface area contributed by atoms with E-state index in [1.54, 1.807) is 0 Å². The van der Waals surface area contributed by atoms with Crippen LogP contribution in [0.1, 0.15) is 12.8 Å². The van der Waals surface area contributed by atoms with E-state index in [2.05, 4.69) is 15.9 Å². The number of aliphatic hydroxyl groups excluding tert-OH is 2. The Labute approximate surface area is 78.7 Å². The van der Waals surface area contributed by atoms with Crippen LogP contribution in [0, 0.1) is 0 Å². The molecule has 1 aliphatic rings. The third-order valence-electron chi connectivity index (χ3n) is 1.85. The molecule has 70 valence electrons. The van der Waals surface area contributed by atoms with Gasteiger partial charge in [0.15, 0.2) is 0 Å². The highest BCUT2D eigenvalue weighted by atomic mass is 79.9. The van der Waals surface area contributed by atoms with Gasteiger partial charge in [-0.25, -0.2) is 0 Å². The van der Waals surface area contributed by atoms with Gasteiger partial charge in [-0.3, -0.25) is 4.79 Å². The van der Waals surface area contributed by atoms with Crippen LogP contribution in [0.25, 0.3) is 0 Å². The maximum atomic E-state index is 10.6. The van der Waals surface area contributed by atoms with E-state index in [9.17, 15) is 15.0 Å². The van der Waals surface area contributed by atoms with Crippen LogP contribution in [-0.4, -0.2) is 39.8 Å². The molecule has 1 rings (SSSR count). The molecule has 0 aromatic rings. The lowest BCUT2D eigenvalue weighted by Gasteiger charge is -2.20. The summed E-state index contributed by atoms with van der Waals surface area (Å²) in [4.78, 5) is 10.6. The van der Waals surface area contributed by atoms with Gasteiger partial charge in [-0.1, -0.05) is 15.9 Å². The molecular weight excluding hydrogens is 228 g/mol. The Hall–Kier alpha value is -0.130. The summed E-state index contributed by atoms with van der Waals surface area (Å²) in [6, 6.07) is 0. The minimum atomic E-state index is -0.976. The molecule has 0 bridgehead atoms. The van der Waals surface area contributed by atoms with Crippen molar-refractivity contribution in [3.8, 4) is 0 Å². The number of alkyl halides is 1. The molecule has 3 atom stereocenters. The fourth-order valence-electron chi connectivity index (χ4n) is 1.13. The van der Waals surface area contributed by atoms with E-state index in [0.717, 1.165) is 0 Å². The topological polar surface area (TPSA) is 66.8 Å². The van der Waals surface area contributed by atoms with Gasteiger partial charge in [-0.05, 0) is 6.42 Å². The summed E-state index contributed by atoms with van der Waals surface area (Å²) in [6.07, 6.45) is -1.57. The number of aliphatic hydroxyl groups is 2. The van der Waals surface area contributed by atoms with Gasteiger partial charge in [-0.2, -0.15) is 0 Å². The average Bonchev–Trinajstić information content (AvgIpc) is 2.49. The molecule has 2 N–H and O–H groups in total. The van der Waals surface area contributed by atoms with Gasteiger partial charge in [0.05, 0.1) is 6.10 Å². The van der Waals surface area contributed by atoms with Crippen LogP contribution in [0.2, 0.25) is 0 Å². The van der Waals surface area contributed by atoms with Gasteiger partial charge in [-0.15, -0.1) is 0 Å². The van der Waals surface area contributed by atoms with E-state index in [0.29, 0.717) is 12.8 Å². The van der Waals surface area contributed by atoms with Crippen LogP contribution >= 0.6 is 15.9 Å². The molecule has 1 aliphatic heterocycles. The maximum Gasteiger partial charge on any atom is 0.306 e. The quantitative estimate of drug-likeness (QED) is 0.529. The van der Waals surface area contributed by atoms with Crippen LogP contribution in [0.4, 0.5) is 0 Å². The molecule has 5 heteroatoms. The molecule has 0 aromatic carbocycles. The predicted molar refractivity (Wildman–Crippen MR) is 44.9 cm³/mol. The molecule has 0 radical (unpaired) electrons. The second-order valence-corrected chi connectivity index (χ2v) is 3.43. The molecule has 0 unspecified atom stereocenters. The fraction of sp³-hybridized carbons (Fsp3) is 0.857. The van der Waals surface area contributed by atoms with Gasteiger partial charge >= 0.3 is 5.97 Å². The van der Waals surface area contributed by atoms with Crippen molar-refractivity contribution in [3.05, 3.63) is 0 Å². The molecule has 1 heterocycles. The van der Waals surface area contributed by atoms with Crippen molar-refractivity contribution < 1.29 is 19.7 Å². The minimum Gasteiger partial charge on any atom is -0.459 e. The number of carbonyl (C=O) groups excluding carboxylic acids is 1. The third kappa shape index (κ3) is 2.18.